The van der Waals surface area contributed by atoms with Crippen molar-refractivity contribution in [1.82, 2.24) is 14.5 Å². The highest BCUT2D eigenvalue weighted by molar-refractivity contribution is 5.85. The van der Waals surface area contributed by atoms with Crippen molar-refractivity contribution >= 4 is 29.3 Å². The molecule has 3 rings (SSSR count). The first-order chi connectivity index (χ1) is 13.4. The summed E-state index contributed by atoms with van der Waals surface area (Å²) in [6.07, 6.45) is 0.229. The Hall–Kier alpha value is -2.57. The third-order valence-corrected chi connectivity index (χ3v) is 5.16. The maximum absolute atomic E-state index is 12.4. The van der Waals surface area contributed by atoms with Crippen molar-refractivity contribution in [1.29, 1.82) is 0 Å². The second kappa shape index (κ2) is 9.76. The number of amides is 1. The number of nitrogens with zero attached hydrogens (tertiary/aromatic N) is 2. The SMILES string of the molecule is CC(C)c1ccc(C(N)CNC(=O)CCn2c(=O)n(C)c3ccccc32)cc1.Cl. The lowest BCUT2D eigenvalue weighted by molar-refractivity contribution is -0.121. The third-order valence-electron chi connectivity index (χ3n) is 5.16. The minimum absolute atomic E-state index is 0. The first kappa shape index (κ1) is 22.7. The highest BCUT2D eigenvalue weighted by atomic mass is 35.5. The zero-order valence-electron chi connectivity index (χ0n) is 17.1. The van der Waals surface area contributed by atoms with E-state index in [0.29, 0.717) is 19.0 Å². The summed E-state index contributed by atoms with van der Waals surface area (Å²) in [7, 11) is 1.74. The maximum Gasteiger partial charge on any atom is 0.328 e. The second-order valence-electron chi connectivity index (χ2n) is 7.46. The van der Waals surface area contributed by atoms with Crippen molar-refractivity contribution in [3.8, 4) is 0 Å². The van der Waals surface area contributed by atoms with Crippen LogP contribution in [0.5, 0.6) is 0 Å². The average molecular weight is 417 g/mol. The Morgan fingerprint density at radius 2 is 1.62 bits per heavy atom. The van der Waals surface area contributed by atoms with Gasteiger partial charge < -0.3 is 11.1 Å². The largest absolute Gasteiger partial charge is 0.354 e. The number of aryl methyl sites for hydroxylation is 2. The molecule has 0 aliphatic rings. The van der Waals surface area contributed by atoms with Crippen LogP contribution in [0, 0.1) is 0 Å². The van der Waals surface area contributed by atoms with E-state index < -0.39 is 0 Å². The second-order valence-corrected chi connectivity index (χ2v) is 7.46. The van der Waals surface area contributed by atoms with Gasteiger partial charge >= 0.3 is 5.69 Å². The summed E-state index contributed by atoms with van der Waals surface area (Å²) in [4.78, 5) is 24.7. The molecule has 1 amide bonds. The van der Waals surface area contributed by atoms with Crippen molar-refractivity contribution in [2.24, 2.45) is 12.8 Å². The molecule has 7 heteroatoms. The Labute approximate surface area is 177 Å². The van der Waals surface area contributed by atoms with Gasteiger partial charge in [-0.3, -0.25) is 13.9 Å². The van der Waals surface area contributed by atoms with Crippen molar-refractivity contribution in [2.75, 3.05) is 6.54 Å². The number of fused-ring (bicyclic) bond motifs is 1. The van der Waals surface area contributed by atoms with Crippen LogP contribution in [-0.4, -0.2) is 21.6 Å². The molecule has 1 unspecified atom stereocenters. The first-order valence-electron chi connectivity index (χ1n) is 9.65. The number of imidazole rings is 1. The summed E-state index contributed by atoms with van der Waals surface area (Å²) < 4.78 is 3.24. The van der Waals surface area contributed by atoms with Gasteiger partial charge in [-0.2, -0.15) is 0 Å². The predicted octanol–water partition coefficient (Wildman–Crippen LogP) is 3.09. The van der Waals surface area contributed by atoms with Gasteiger partial charge in [0.05, 0.1) is 11.0 Å². The number of para-hydroxylation sites is 2. The Balaban J connectivity index is 0.00000300. The quantitative estimate of drug-likeness (QED) is 0.620. The van der Waals surface area contributed by atoms with E-state index >= 15 is 0 Å². The number of hydrogen-bond acceptors (Lipinski definition) is 3. The van der Waals surface area contributed by atoms with Gasteiger partial charge in [0.1, 0.15) is 0 Å². The molecule has 0 fully saturated rings. The Morgan fingerprint density at radius 3 is 2.24 bits per heavy atom. The molecule has 1 heterocycles. The highest BCUT2D eigenvalue weighted by Crippen LogP contribution is 2.17. The van der Waals surface area contributed by atoms with Crippen molar-refractivity contribution in [3.05, 3.63) is 70.1 Å². The fourth-order valence-electron chi connectivity index (χ4n) is 3.35. The third kappa shape index (κ3) is 5.08. The highest BCUT2D eigenvalue weighted by Gasteiger charge is 2.13. The van der Waals surface area contributed by atoms with E-state index in [0.717, 1.165) is 16.6 Å². The van der Waals surface area contributed by atoms with E-state index in [2.05, 4.69) is 31.3 Å². The normalized spacial score (nSPS) is 12.0. The summed E-state index contributed by atoms with van der Waals surface area (Å²) in [6.45, 7) is 5.00. The van der Waals surface area contributed by atoms with Crippen LogP contribution in [0.1, 0.15) is 43.4 Å². The van der Waals surface area contributed by atoms with Gasteiger partial charge in [0, 0.05) is 32.6 Å². The zero-order valence-corrected chi connectivity index (χ0v) is 17.9. The molecule has 3 N–H and O–H groups in total. The van der Waals surface area contributed by atoms with Crippen LogP contribution in [0.3, 0.4) is 0 Å². The summed E-state index contributed by atoms with van der Waals surface area (Å²) in [5.74, 6) is 0.358. The van der Waals surface area contributed by atoms with Crippen LogP contribution < -0.4 is 16.7 Å². The first-order valence-corrected chi connectivity index (χ1v) is 9.65. The minimum Gasteiger partial charge on any atom is -0.354 e. The Kier molecular flexibility index (Phi) is 7.65. The van der Waals surface area contributed by atoms with Crippen molar-refractivity contribution in [2.45, 2.75) is 38.8 Å². The minimum atomic E-state index is -0.259. The van der Waals surface area contributed by atoms with Gasteiger partial charge in [-0.1, -0.05) is 50.2 Å². The van der Waals surface area contributed by atoms with Crippen LogP contribution in [0.25, 0.3) is 11.0 Å². The van der Waals surface area contributed by atoms with Gasteiger partial charge in [-0.15, -0.1) is 12.4 Å². The number of carbonyl (C=O) groups excluding carboxylic acids is 1. The monoisotopic (exact) mass is 416 g/mol. The van der Waals surface area contributed by atoms with E-state index in [1.54, 1.807) is 16.2 Å². The number of rotatable bonds is 7. The molecule has 0 aliphatic heterocycles. The molecule has 1 atom stereocenters. The molecule has 1 aromatic heterocycles. The number of nitrogens with two attached hydrogens (primary N) is 1. The van der Waals surface area contributed by atoms with Crippen LogP contribution in [0.4, 0.5) is 0 Å². The number of nitrogens with one attached hydrogen (secondary N) is 1. The molecule has 29 heavy (non-hydrogen) atoms. The molecular formula is C22H29ClN4O2. The summed E-state index contributed by atoms with van der Waals surface area (Å²) in [5, 5.41) is 2.88. The van der Waals surface area contributed by atoms with Gasteiger partial charge in [-0.05, 0) is 29.2 Å². The molecule has 0 bridgehead atoms. The average Bonchev–Trinajstić information content (AvgIpc) is 2.95. The smallest absolute Gasteiger partial charge is 0.328 e. The molecule has 0 spiro atoms. The molecule has 156 valence electrons. The number of halogens is 1. The maximum atomic E-state index is 12.4. The number of benzene rings is 2. The van der Waals surface area contributed by atoms with Gasteiger partial charge in [0.15, 0.2) is 0 Å². The van der Waals surface area contributed by atoms with E-state index in [1.807, 2.05) is 36.4 Å². The van der Waals surface area contributed by atoms with E-state index in [4.69, 9.17) is 5.73 Å². The van der Waals surface area contributed by atoms with Crippen LogP contribution in [-0.2, 0) is 18.4 Å². The lowest BCUT2D eigenvalue weighted by Crippen LogP contribution is -2.33. The van der Waals surface area contributed by atoms with E-state index in [-0.39, 0.29) is 36.5 Å². The fraction of sp³-hybridized carbons (Fsp3) is 0.364. The molecule has 2 aromatic carbocycles. The molecule has 0 saturated heterocycles. The number of carbonyl (C=O) groups is 1. The van der Waals surface area contributed by atoms with Crippen molar-refractivity contribution < 1.29 is 4.79 Å². The summed E-state index contributed by atoms with van der Waals surface area (Å²) in [6, 6.07) is 15.5. The molecule has 0 radical (unpaired) electrons. The van der Waals surface area contributed by atoms with Crippen LogP contribution in [0.15, 0.2) is 53.3 Å². The molecule has 0 aliphatic carbocycles. The number of aromatic nitrogens is 2. The lowest BCUT2D eigenvalue weighted by atomic mass is 9.99. The molecule has 3 aromatic rings. The zero-order chi connectivity index (χ0) is 20.3. The predicted molar refractivity (Wildman–Crippen MR) is 120 cm³/mol. The van der Waals surface area contributed by atoms with Crippen LogP contribution >= 0.6 is 12.4 Å². The lowest BCUT2D eigenvalue weighted by Gasteiger charge is -2.14. The van der Waals surface area contributed by atoms with Crippen molar-refractivity contribution in [3.63, 3.8) is 0 Å². The Bertz CT molecular complexity index is 1020. The van der Waals surface area contributed by atoms with E-state index in [9.17, 15) is 9.59 Å². The number of hydrogen-bond donors (Lipinski definition) is 2. The molecule has 6 nitrogen and oxygen atoms in total. The van der Waals surface area contributed by atoms with Crippen LogP contribution in [0.2, 0.25) is 0 Å². The standard InChI is InChI=1S/C22H28N4O2.ClH/c1-15(2)16-8-10-17(11-9-16)18(23)14-24-21(27)12-13-26-20-7-5-4-6-19(20)25(3)22(26)28;/h4-11,15,18H,12-14,23H2,1-3H3,(H,24,27);1H. The topological polar surface area (TPSA) is 82.1 Å². The van der Waals surface area contributed by atoms with E-state index in [1.165, 1.54) is 5.56 Å². The molecule has 0 saturated carbocycles. The summed E-state index contributed by atoms with van der Waals surface area (Å²) >= 11 is 0. The molecular weight excluding hydrogens is 388 g/mol. The fourth-order valence-corrected chi connectivity index (χ4v) is 3.35. The summed E-state index contributed by atoms with van der Waals surface area (Å²) in [5.41, 5.74) is 10.0. The van der Waals surface area contributed by atoms with Gasteiger partial charge in [-0.25, -0.2) is 4.79 Å². The van der Waals surface area contributed by atoms with Gasteiger partial charge in [0.2, 0.25) is 5.91 Å². The van der Waals surface area contributed by atoms with Gasteiger partial charge in [0.25, 0.3) is 0 Å². The Morgan fingerprint density at radius 1 is 1.03 bits per heavy atom.